The second-order valence-electron chi connectivity index (χ2n) is 6.08. The summed E-state index contributed by atoms with van der Waals surface area (Å²) in [5, 5.41) is 3.01. The first kappa shape index (κ1) is 19.5. The Labute approximate surface area is 129 Å². The van der Waals surface area contributed by atoms with Gasteiger partial charge >= 0.3 is 0 Å². The van der Waals surface area contributed by atoms with E-state index in [1.165, 1.54) is 95.2 Å². The van der Waals surface area contributed by atoms with E-state index in [-0.39, 0.29) is 0 Å². The smallest absolute Gasteiger partial charge is 0.106 e. The van der Waals surface area contributed by atoms with Crippen molar-refractivity contribution in [2.24, 2.45) is 0 Å². The van der Waals surface area contributed by atoms with Gasteiger partial charge in [0.1, 0.15) is 0 Å². The lowest BCUT2D eigenvalue weighted by Gasteiger charge is -2.03. The van der Waals surface area contributed by atoms with Gasteiger partial charge in [-0.15, -0.1) is 10.6 Å². The lowest BCUT2D eigenvalue weighted by Crippen LogP contribution is -1.86. The van der Waals surface area contributed by atoms with Crippen LogP contribution in [0.15, 0.2) is 0 Å². The van der Waals surface area contributed by atoms with Crippen molar-refractivity contribution in [1.29, 1.82) is 0 Å². The summed E-state index contributed by atoms with van der Waals surface area (Å²) in [4.78, 5) is 0. The molecule has 0 N–H and O–H groups in total. The van der Waals surface area contributed by atoms with Crippen LogP contribution in [0, 0.1) is 0 Å². The molecule has 0 aliphatic carbocycles. The minimum absolute atomic E-state index is 0.793. The number of unbranched alkanes of at least 4 members (excludes halogenated alkanes) is 13. The lowest BCUT2D eigenvalue weighted by molar-refractivity contribution is 0.538. The van der Waals surface area contributed by atoms with E-state index in [2.05, 4.69) is 13.8 Å². The first-order valence-electron chi connectivity index (χ1n) is 9.23. The van der Waals surface area contributed by atoms with Crippen molar-refractivity contribution in [1.82, 2.24) is 0 Å². The molecule has 19 heavy (non-hydrogen) atoms. The van der Waals surface area contributed by atoms with Crippen molar-refractivity contribution >= 4 is 15.2 Å². The molecule has 1 heteroatoms. The van der Waals surface area contributed by atoms with Crippen molar-refractivity contribution < 1.29 is 0 Å². The van der Waals surface area contributed by atoms with Gasteiger partial charge in [0.2, 0.25) is 0 Å². The second kappa shape index (κ2) is 18.5. The Hall–Kier alpha value is 0.532. The SMILES string of the molecule is CCCCCCCCCCCCCCC[CH2][Al][CH2]C. The van der Waals surface area contributed by atoms with Crippen LogP contribution in [0.25, 0.3) is 0 Å². The summed E-state index contributed by atoms with van der Waals surface area (Å²) in [7, 11) is 0. The maximum Gasteiger partial charge on any atom is 0.199 e. The molecule has 0 nitrogen and oxygen atoms in total. The van der Waals surface area contributed by atoms with Crippen molar-refractivity contribution in [2.75, 3.05) is 0 Å². The van der Waals surface area contributed by atoms with Gasteiger partial charge in [0.05, 0.1) is 0 Å². The second-order valence-corrected chi connectivity index (χ2v) is 8.05. The van der Waals surface area contributed by atoms with Gasteiger partial charge in [-0.05, 0) is 0 Å². The van der Waals surface area contributed by atoms with Crippen LogP contribution in [0.5, 0.6) is 0 Å². The fourth-order valence-corrected chi connectivity index (χ4v) is 3.67. The summed E-state index contributed by atoms with van der Waals surface area (Å²) >= 11 is 0.793. The van der Waals surface area contributed by atoms with Gasteiger partial charge in [0, 0.05) is 0 Å². The average Bonchev–Trinajstić information content (AvgIpc) is 2.43. The van der Waals surface area contributed by atoms with Crippen molar-refractivity contribution in [3.8, 4) is 0 Å². The van der Waals surface area contributed by atoms with E-state index < -0.39 is 0 Å². The highest BCUT2D eigenvalue weighted by Gasteiger charge is 1.94. The van der Waals surface area contributed by atoms with Gasteiger partial charge in [0.25, 0.3) is 0 Å². The predicted molar refractivity (Wildman–Crippen MR) is 91.4 cm³/mol. The van der Waals surface area contributed by atoms with Crippen LogP contribution in [0.3, 0.4) is 0 Å². The summed E-state index contributed by atoms with van der Waals surface area (Å²) < 4.78 is 0. The number of hydrogen-bond donors (Lipinski definition) is 0. The third-order valence-electron chi connectivity index (χ3n) is 4.05. The van der Waals surface area contributed by atoms with Gasteiger partial charge in [-0.25, -0.2) is 0 Å². The standard InChI is InChI=1S/C16H33.C2H5.Al/c1-3-5-7-9-11-13-15-16-14-12-10-8-6-4-2;1-2;/h1,3-16H2,2H3;1H2,2H3;. The number of rotatable bonds is 16. The van der Waals surface area contributed by atoms with E-state index in [1.807, 2.05) is 0 Å². The molecule has 0 amide bonds. The average molecular weight is 281 g/mol. The predicted octanol–water partition coefficient (Wildman–Crippen LogP) is 7.03. The van der Waals surface area contributed by atoms with Crippen molar-refractivity contribution in [2.45, 2.75) is 114 Å². The van der Waals surface area contributed by atoms with Crippen LogP contribution >= 0.6 is 0 Å². The van der Waals surface area contributed by atoms with E-state index in [0.717, 1.165) is 15.2 Å². The normalized spacial score (nSPS) is 10.8. The van der Waals surface area contributed by atoms with Gasteiger partial charge in [0.15, 0.2) is 15.2 Å². The Balaban J connectivity index is 2.88. The molecule has 0 aromatic carbocycles. The monoisotopic (exact) mass is 281 g/mol. The molecule has 0 saturated heterocycles. The minimum Gasteiger partial charge on any atom is -0.106 e. The minimum atomic E-state index is 0.793. The zero-order valence-corrected chi connectivity index (χ0v) is 15.0. The molecule has 1 radical (unpaired) electrons. The zero-order valence-electron chi connectivity index (χ0n) is 13.9. The van der Waals surface area contributed by atoms with Crippen LogP contribution in [0.2, 0.25) is 10.6 Å². The quantitative estimate of drug-likeness (QED) is 0.210. The van der Waals surface area contributed by atoms with E-state index in [0.29, 0.717) is 0 Å². The lowest BCUT2D eigenvalue weighted by atomic mass is 10.0. The summed E-state index contributed by atoms with van der Waals surface area (Å²) in [5.74, 6) is 0. The Morgan fingerprint density at radius 2 is 0.842 bits per heavy atom. The number of hydrogen-bond acceptors (Lipinski definition) is 0. The third-order valence-corrected chi connectivity index (χ3v) is 5.44. The molecule has 0 aromatic rings. The van der Waals surface area contributed by atoms with E-state index in [1.54, 1.807) is 5.28 Å². The first-order valence-corrected chi connectivity index (χ1v) is 10.9. The summed E-state index contributed by atoms with van der Waals surface area (Å²) in [6.45, 7) is 4.63. The fraction of sp³-hybridized carbons (Fsp3) is 1.00. The molecule has 0 spiro atoms. The Morgan fingerprint density at radius 1 is 0.474 bits per heavy atom. The third kappa shape index (κ3) is 18.5. The molecular weight excluding hydrogens is 243 g/mol. The fourth-order valence-electron chi connectivity index (χ4n) is 2.69. The molecular formula is C18H38Al. The molecule has 113 valence electrons. The van der Waals surface area contributed by atoms with Gasteiger partial charge in [-0.1, -0.05) is 104 Å². The molecule has 0 aromatic heterocycles. The Morgan fingerprint density at radius 3 is 1.21 bits per heavy atom. The molecule has 0 heterocycles. The van der Waals surface area contributed by atoms with Gasteiger partial charge < -0.3 is 0 Å². The highest BCUT2D eigenvalue weighted by molar-refractivity contribution is 6.35. The molecule has 0 aliphatic heterocycles. The Kier molecular flexibility index (Phi) is 19.1. The highest BCUT2D eigenvalue weighted by Crippen LogP contribution is 2.13. The molecule has 0 unspecified atom stereocenters. The topological polar surface area (TPSA) is 0 Å². The highest BCUT2D eigenvalue weighted by atomic mass is 27.1. The maximum absolute atomic E-state index is 2.33. The van der Waals surface area contributed by atoms with E-state index in [9.17, 15) is 0 Å². The maximum atomic E-state index is 2.33. The largest absolute Gasteiger partial charge is 0.199 e. The molecule has 0 saturated carbocycles. The van der Waals surface area contributed by atoms with Gasteiger partial charge in [-0.2, -0.15) is 0 Å². The van der Waals surface area contributed by atoms with Crippen LogP contribution in [-0.2, 0) is 0 Å². The van der Waals surface area contributed by atoms with Crippen LogP contribution in [0.4, 0.5) is 0 Å². The van der Waals surface area contributed by atoms with E-state index >= 15 is 0 Å². The first-order chi connectivity index (χ1) is 9.41. The van der Waals surface area contributed by atoms with Crippen molar-refractivity contribution in [3.05, 3.63) is 0 Å². The van der Waals surface area contributed by atoms with Crippen LogP contribution < -0.4 is 0 Å². The van der Waals surface area contributed by atoms with Crippen molar-refractivity contribution in [3.63, 3.8) is 0 Å². The molecule has 0 atom stereocenters. The molecule has 0 fully saturated rings. The van der Waals surface area contributed by atoms with E-state index in [4.69, 9.17) is 0 Å². The summed E-state index contributed by atoms with van der Waals surface area (Å²) in [6.07, 6.45) is 20.7. The molecule has 0 aliphatic rings. The molecule has 0 rings (SSSR count). The van der Waals surface area contributed by atoms with Crippen LogP contribution in [0.1, 0.15) is 104 Å². The van der Waals surface area contributed by atoms with Gasteiger partial charge in [-0.3, -0.25) is 0 Å². The Bertz CT molecular complexity index is 129. The molecule has 0 bridgehead atoms. The zero-order chi connectivity index (χ0) is 14.0. The van der Waals surface area contributed by atoms with Crippen LogP contribution in [-0.4, -0.2) is 15.2 Å². The summed E-state index contributed by atoms with van der Waals surface area (Å²) in [6, 6.07) is 0. The summed E-state index contributed by atoms with van der Waals surface area (Å²) in [5.41, 5.74) is 0.